The van der Waals surface area contributed by atoms with Gasteiger partial charge in [-0.15, -0.1) is 11.8 Å². The number of nitrogens with two attached hydrogens (primary N) is 1. The number of primary amides is 1. The van der Waals surface area contributed by atoms with E-state index in [0.717, 1.165) is 5.56 Å². The number of carbonyl (C=O) groups excluding carboxylic acids is 4. The number of hydrogen-bond donors (Lipinski definition) is 4. The van der Waals surface area contributed by atoms with E-state index in [-0.39, 0.29) is 11.6 Å². The summed E-state index contributed by atoms with van der Waals surface area (Å²) in [5, 5.41) is 7.86. The van der Waals surface area contributed by atoms with E-state index in [1.54, 1.807) is 91.0 Å². The first-order valence-electron chi connectivity index (χ1n) is 15.4. The molecular formula is C39H34N4O6S. The van der Waals surface area contributed by atoms with Crippen LogP contribution in [0.4, 0.5) is 11.4 Å². The van der Waals surface area contributed by atoms with Crippen LogP contribution in [0.2, 0.25) is 0 Å². The van der Waals surface area contributed by atoms with E-state index < -0.39 is 23.0 Å². The summed E-state index contributed by atoms with van der Waals surface area (Å²) >= 11 is 1.29. The van der Waals surface area contributed by atoms with Gasteiger partial charge in [0.2, 0.25) is 11.8 Å². The second-order valence-electron chi connectivity index (χ2n) is 10.8. The molecule has 1 atom stereocenters. The predicted octanol–water partition coefficient (Wildman–Crippen LogP) is 6.68. The summed E-state index contributed by atoms with van der Waals surface area (Å²) in [6.07, 6.45) is 1.52. The lowest BCUT2D eigenvalue weighted by molar-refractivity contribution is -0.116. The second-order valence-corrected chi connectivity index (χ2v) is 12.0. The van der Waals surface area contributed by atoms with Crippen LogP contribution in [0.5, 0.6) is 11.5 Å². The number of methoxy groups -OCH3 is 2. The zero-order valence-electron chi connectivity index (χ0n) is 27.2. The molecule has 5 aromatic carbocycles. The molecule has 1 unspecified atom stereocenters. The van der Waals surface area contributed by atoms with Gasteiger partial charge in [0.1, 0.15) is 10.9 Å². The van der Waals surface area contributed by atoms with Crippen LogP contribution < -0.4 is 31.2 Å². The molecule has 5 N–H and O–H groups in total. The molecule has 0 heterocycles. The number of hydrogen-bond acceptors (Lipinski definition) is 7. The smallest absolute Gasteiger partial charge is 0.272 e. The van der Waals surface area contributed by atoms with E-state index in [1.165, 1.54) is 32.1 Å². The highest BCUT2D eigenvalue weighted by Gasteiger charge is 2.23. The molecule has 11 heteroatoms. The molecule has 0 aliphatic rings. The number of ether oxygens (including phenoxy) is 2. The lowest BCUT2D eigenvalue weighted by Crippen LogP contribution is -2.30. The van der Waals surface area contributed by atoms with Crippen molar-refractivity contribution in [1.82, 2.24) is 5.32 Å². The zero-order valence-corrected chi connectivity index (χ0v) is 28.0. The Morgan fingerprint density at radius 3 is 2.04 bits per heavy atom. The van der Waals surface area contributed by atoms with Gasteiger partial charge in [0.25, 0.3) is 11.8 Å². The Hall–Kier alpha value is -6.33. The van der Waals surface area contributed by atoms with Gasteiger partial charge in [-0.25, -0.2) is 0 Å². The number of rotatable bonds is 13. The molecule has 0 spiro atoms. The normalized spacial score (nSPS) is 11.5. The number of carbonyl (C=O) groups is 4. The van der Waals surface area contributed by atoms with Crippen LogP contribution in [0.3, 0.4) is 0 Å². The molecule has 50 heavy (non-hydrogen) atoms. The maximum absolute atomic E-state index is 13.8. The van der Waals surface area contributed by atoms with Gasteiger partial charge in [0, 0.05) is 33.0 Å². The lowest BCUT2D eigenvalue weighted by atomic mass is 10.1. The molecule has 0 saturated carbocycles. The van der Waals surface area contributed by atoms with Gasteiger partial charge in [-0.05, 0) is 72.3 Å². The van der Waals surface area contributed by atoms with E-state index >= 15 is 0 Å². The van der Waals surface area contributed by atoms with E-state index in [2.05, 4.69) is 16.0 Å². The molecule has 0 radical (unpaired) electrons. The topological polar surface area (TPSA) is 149 Å². The number of amides is 4. The first-order valence-corrected chi connectivity index (χ1v) is 16.3. The van der Waals surface area contributed by atoms with Crippen molar-refractivity contribution in [1.29, 1.82) is 0 Å². The Kier molecular flexibility index (Phi) is 11.7. The van der Waals surface area contributed by atoms with Crippen LogP contribution in [0.15, 0.2) is 138 Å². The predicted molar refractivity (Wildman–Crippen MR) is 195 cm³/mol. The monoisotopic (exact) mass is 686 g/mol. The number of benzene rings is 5. The Morgan fingerprint density at radius 2 is 1.38 bits per heavy atom. The highest BCUT2D eigenvalue weighted by atomic mass is 32.2. The fourth-order valence-electron chi connectivity index (χ4n) is 4.93. The fraction of sp³-hybridized carbons (Fsp3) is 0.0769. The Balaban J connectivity index is 1.40. The maximum atomic E-state index is 13.8. The van der Waals surface area contributed by atoms with Crippen LogP contribution in [-0.4, -0.2) is 37.8 Å². The number of thioether (sulfide) groups is 1. The lowest BCUT2D eigenvalue weighted by Gasteiger charge is -2.18. The molecular weight excluding hydrogens is 653 g/mol. The number of para-hydroxylation sites is 1. The highest BCUT2D eigenvalue weighted by molar-refractivity contribution is 8.00. The summed E-state index contributed by atoms with van der Waals surface area (Å²) in [5.41, 5.74) is 8.23. The molecule has 5 rings (SSSR count). The third-order valence-corrected chi connectivity index (χ3v) is 8.63. The molecule has 0 bridgehead atoms. The van der Waals surface area contributed by atoms with E-state index in [1.807, 2.05) is 36.4 Å². The van der Waals surface area contributed by atoms with Gasteiger partial charge >= 0.3 is 0 Å². The molecule has 0 aromatic heterocycles. The van der Waals surface area contributed by atoms with Gasteiger partial charge < -0.3 is 31.2 Å². The molecule has 0 fully saturated rings. The zero-order chi connectivity index (χ0) is 35.5. The standard InChI is InChI=1S/C39H34N4O6S/c1-48-33-18-9-15-28(34(33)49-2)23-32(43-37(45)27-13-7-4-8-14-27)38(46)42-30-16-10-17-31(24-30)50-35(25-11-5-3-6-12-25)39(47)41-29-21-19-26(20-22-29)36(40)44/h3-24,35H,1-2H3,(H2,40,44)(H,41,47)(H,42,46)(H,43,45)/b32-23+. The average Bonchev–Trinajstić information content (AvgIpc) is 3.14. The molecule has 0 aliphatic heterocycles. The molecule has 0 saturated heterocycles. The van der Waals surface area contributed by atoms with Crippen molar-refractivity contribution < 1.29 is 28.7 Å². The van der Waals surface area contributed by atoms with Gasteiger partial charge in [0.15, 0.2) is 11.5 Å². The Labute approximate surface area is 293 Å². The quantitative estimate of drug-likeness (QED) is 0.0797. The van der Waals surface area contributed by atoms with E-state index in [4.69, 9.17) is 15.2 Å². The first kappa shape index (κ1) is 35.0. The number of anilines is 2. The molecule has 0 aliphatic carbocycles. The third kappa shape index (κ3) is 8.97. The molecule has 5 aromatic rings. The van der Waals surface area contributed by atoms with Crippen molar-refractivity contribution in [3.8, 4) is 11.5 Å². The first-order chi connectivity index (χ1) is 24.2. The van der Waals surface area contributed by atoms with Gasteiger partial charge in [-0.2, -0.15) is 0 Å². The summed E-state index contributed by atoms with van der Waals surface area (Å²) in [6, 6.07) is 36.4. The van der Waals surface area contributed by atoms with Crippen molar-refractivity contribution in [2.45, 2.75) is 10.1 Å². The average molecular weight is 687 g/mol. The summed E-state index contributed by atoms with van der Waals surface area (Å²) < 4.78 is 11.0. The van der Waals surface area contributed by atoms with E-state index in [9.17, 15) is 19.2 Å². The van der Waals surface area contributed by atoms with Gasteiger partial charge in [-0.1, -0.05) is 66.7 Å². The molecule has 4 amide bonds. The second kappa shape index (κ2) is 16.7. The maximum Gasteiger partial charge on any atom is 0.272 e. The minimum Gasteiger partial charge on any atom is -0.493 e. The van der Waals surface area contributed by atoms with Crippen molar-refractivity contribution in [2.75, 3.05) is 24.9 Å². The summed E-state index contributed by atoms with van der Waals surface area (Å²) in [6.45, 7) is 0. The summed E-state index contributed by atoms with van der Waals surface area (Å²) in [7, 11) is 3.00. The molecule has 252 valence electrons. The fourth-order valence-corrected chi connectivity index (χ4v) is 6.02. The minimum absolute atomic E-state index is 0.0349. The van der Waals surface area contributed by atoms with Crippen LogP contribution in [0.25, 0.3) is 6.08 Å². The van der Waals surface area contributed by atoms with Crippen molar-refractivity contribution >= 4 is 52.8 Å². The Bertz CT molecular complexity index is 2020. The van der Waals surface area contributed by atoms with Gasteiger partial charge in [-0.3, -0.25) is 19.2 Å². The van der Waals surface area contributed by atoms with Crippen molar-refractivity contribution in [2.24, 2.45) is 5.73 Å². The summed E-state index contributed by atoms with van der Waals surface area (Å²) in [5.74, 6) is -1.06. The van der Waals surface area contributed by atoms with Crippen LogP contribution in [0, 0.1) is 0 Å². The summed E-state index contributed by atoms with van der Waals surface area (Å²) in [4.78, 5) is 52.8. The number of nitrogens with one attached hydrogen (secondary N) is 3. The SMILES string of the molecule is COc1cccc(/C=C(/NC(=O)c2ccccc2)C(=O)Nc2cccc(SC(C(=O)Nc3ccc(C(N)=O)cc3)c3ccccc3)c2)c1OC. The highest BCUT2D eigenvalue weighted by Crippen LogP contribution is 2.37. The Morgan fingerprint density at radius 1 is 0.700 bits per heavy atom. The largest absolute Gasteiger partial charge is 0.493 e. The minimum atomic E-state index is -0.667. The van der Waals surface area contributed by atoms with Gasteiger partial charge in [0.05, 0.1) is 14.2 Å². The molecule has 10 nitrogen and oxygen atoms in total. The van der Waals surface area contributed by atoms with E-state index in [0.29, 0.717) is 44.5 Å². The van der Waals surface area contributed by atoms with Crippen molar-refractivity contribution in [3.63, 3.8) is 0 Å². The van der Waals surface area contributed by atoms with Crippen LogP contribution >= 0.6 is 11.8 Å². The third-order valence-electron chi connectivity index (χ3n) is 7.39. The van der Waals surface area contributed by atoms with Crippen LogP contribution in [-0.2, 0) is 9.59 Å². The van der Waals surface area contributed by atoms with Crippen LogP contribution in [0.1, 0.15) is 37.1 Å². The van der Waals surface area contributed by atoms with Crippen molar-refractivity contribution in [3.05, 3.63) is 155 Å².